The van der Waals surface area contributed by atoms with Crippen LogP contribution in [0.25, 0.3) is 22.5 Å². The number of imidazole rings is 1. The maximum atomic E-state index is 15.3. The number of hydrogen-bond acceptors (Lipinski definition) is 7. The molecule has 198 valence electrons. The molecule has 0 unspecified atom stereocenters. The Balaban J connectivity index is 1.31. The van der Waals surface area contributed by atoms with Crippen LogP contribution in [0.5, 0.6) is 0 Å². The highest BCUT2D eigenvalue weighted by atomic mass is 35.5. The van der Waals surface area contributed by atoms with Crippen molar-refractivity contribution in [2.24, 2.45) is 0 Å². The fourth-order valence-corrected chi connectivity index (χ4v) is 5.41. The SMILES string of the molecule is CC(=O)Nc1nccc(-c2cnc([C@@H]3CC[C@@H]4CC(c5c(-n6cnnn6)ccc(Cl)c5F)=CC(=O)N43)[nH]2)c1F. The van der Waals surface area contributed by atoms with Crippen molar-refractivity contribution in [3.05, 3.63) is 71.0 Å². The number of pyridine rings is 1. The van der Waals surface area contributed by atoms with Crippen molar-refractivity contribution in [3.63, 3.8) is 0 Å². The lowest BCUT2D eigenvalue weighted by atomic mass is 9.92. The molecule has 0 radical (unpaired) electrons. The van der Waals surface area contributed by atoms with Crippen molar-refractivity contribution in [3.8, 4) is 16.9 Å². The number of halogens is 3. The number of aromatic nitrogens is 7. The lowest BCUT2D eigenvalue weighted by molar-refractivity contribution is -0.129. The molecule has 6 rings (SSSR count). The van der Waals surface area contributed by atoms with Gasteiger partial charge in [-0.15, -0.1) is 5.10 Å². The summed E-state index contributed by atoms with van der Waals surface area (Å²) < 4.78 is 31.6. The molecule has 0 spiro atoms. The molecule has 2 aliphatic heterocycles. The van der Waals surface area contributed by atoms with E-state index in [0.717, 1.165) is 0 Å². The Kier molecular flexibility index (Phi) is 6.14. The standard InChI is InChI=1S/C25H20ClF2N9O2/c1-12(38)32-25-22(27)15(6-7-29-25)17-10-30-24(33-17)19-4-2-14-8-13(9-20(39)37(14)19)21-18(36-11-31-34-35-36)5-3-16(26)23(21)28/h3,5-7,9-11,14,19H,2,4,8H2,1H3,(H,30,33)(H,29,32,38)/t14-,19+/m1/s1. The maximum Gasteiger partial charge on any atom is 0.247 e. The van der Waals surface area contributed by atoms with Crippen LogP contribution < -0.4 is 5.32 Å². The molecular weight excluding hydrogens is 532 g/mol. The molecule has 4 aromatic rings. The Labute approximate surface area is 224 Å². The van der Waals surface area contributed by atoms with E-state index in [1.54, 1.807) is 11.0 Å². The van der Waals surface area contributed by atoms with Crippen LogP contribution in [0.1, 0.15) is 43.6 Å². The van der Waals surface area contributed by atoms with Crippen molar-refractivity contribution in [2.75, 3.05) is 5.32 Å². The molecule has 39 heavy (non-hydrogen) atoms. The van der Waals surface area contributed by atoms with E-state index in [0.29, 0.717) is 42.0 Å². The third kappa shape index (κ3) is 4.34. The molecule has 5 heterocycles. The van der Waals surface area contributed by atoms with E-state index in [1.807, 2.05) is 0 Å². The summed E-state index contributed by atoms with van der Waals surface area (Å²) >= 11 is 6.09. The summed E-state index contributed by atoms with van der Waals surface area (Å²) in [6, 6.07) is 3.90. The lowest BCUT2D eigenvalue weighted by Gasteiger charge is -2.33. The van der Waals surface area contributed by atoms with Gasteiger partial charge < -0.3 is 15.2 Å². The number of hydrogen-bond donors (Lipinski definition) is 2. The Bertz CT molecular complexity index is 1640. The van der Waals surface area contributed by atoms with Gasteiger partial charge in [0, 0.05) is 36.4 Å². The van der Waals surface area contributed by atoms with Crippen LogP contribution >= 0.6 is 11.6 Å². The zero-order valence-corrected chi connectivity index (χ0v) is 21.2. The second kappa shape index (κ2) is 9.66. The first kappa shape index (κ1) is 24.8. The number of H-pyrrole nitrogens is 1. The van der Waals surface area contributed by atoms with Gasteiger partial charge in [-0.05, 0) is 53.5 Å². The first-order valence-electron chi connectivity index (χ1n) is 12.0. The average Bonchev–Trinajstić information content (AvgIpc) is 3.67. The fraction of sp³-hybridized carbons (Fsp3) is 0.240. The molecule has 1 fully saturated rings. The molecule has 14 heteroatoms. The van der Waals surface area contributed by atoms with E-state index in [4.69, 9.17) is 11.6 Å². The first-order valence-corrected chi connectivity index (χ1v) is 12.4. The summed E-state index contributed by atoms with van der Waals surface area (Å²) in [7, 11) is 0. The molecule has 0 saturated carbocycles. The number of amides is 2. The summed E-state index contributed by atoms with van der Waals surface area (Å²) in [5.41, 5.74) is 1.61. The topological polar surface area (TPSA) is 135 Å². The Morgan fingerprint density at radius 3 is 2.79 bits per heavy atom. The Hall–Kier alpha value is -4.52. The van der Waals surface area contributed by atoms with Crippen LogP contribution in [0.15, 0.2) is 43.0 Å². The molecular formula is C25H20ClF2N9O2. The van der Waals surface area contributed by atoms with Crippen LogP contribution in [-0.2, 0) is 9.59 Å². The zero-order chi connectivity index (χ0) is 27.3. The minimum absolute atomic E-state index is 0.0741. The normalized spacial score (nSPS) is 18.7. The summed E-state index contributed by atoms with van der Waals surface area (Å²) in [5.74, 6) is -1.78. The number of anilines is 1. The summed E-state index contributed by atoms with van der Waals surface area (Å²) in [4.78, 5) is 37.9. The lowest BCUT2D eigenvalue weighted by Crippen LogP contribution is -2.39. The third-order valence-corrected chi connectivity index (χ3v) is 7.18. The maximum absolute atomic E-state index is 15.3. The van der Waals surface area contributed by atoms with Gasteiger partial charge in [0.2, 0.25) is 11.8 Å². The number of rotatable bonds is 5. The molecule has 1 aromatic carbocycles. The summed E-state index contributed by atoms with van der Waals surface area (Å²) in [6.45, 7) is 1.27. The number of carbonyl (C=O) groups excluding carboxylic acids is 2. The van der Waals surface area contributed by atoms with Crippen molar-refractivity contribution in [2.45, 2.75) is 38.3 Å². The number of benzene rings is 1. The largest absolute Gasteiger partial charge is 0.340 e. The van der Waals surface area contributed by atoms with Crippen LogP contribution in [0.4, 0.5) is 14.6 Å². The number of tetrazole rings is 1. The average molecular weight is 552 g/mol. The van der Waals surface area contributed by atoms with E-state index in [-0.39, 0.29) is 40.0 Å². The van der Waals surface area contributed by atoms with Crippen LogP contribution in [0.2, 0.25) is 5.02 Å². The number of nitrogens with zero attached hydrogens (tertiary/aromatic N) is 7. The highest BCUT2D eigenvalue weighted by Crippen LogP contribution is 2.44. The van der Waals surface area contributed by atoms with Crippen LogP contribution in [0, 0.1) is 11.6 Å². The van der Waals surface area contributed by atoms with Gasteiger partial charge in [-0.1, -0.05) is 11.6 Å². The summed E-state index contributed by atoms with van der Waals surface area (Å²) in [5, 5.41) is 13.4. The molecule has 11 nitrogen and oxygen atoms in total. The number of carbonyl (C=O) groups is 2. The second-order valence-corrected chi connectivity index (χ2v) is 9.67. The minimum atomic E-state index is -0.698. The fourth-order valence-electron chi connectivity index (χ4n) is 5.25. The number of nitrogens with one attached hydrogen (secondary N) is 2. The van der Waals surface area contributed by atoms with Gasteiger partial charge >= 0.3 is 0 Å². The predicted octanol–water partition coefficient (Wildman–Crippen LogP) is 3.86. The quantitative estimate of drug-likeness (QED) is 0.384. The van der Waals surface area contributed by atoms with E-state index in [9.17, 15) is 14.0 Å². The summed E-state index contributed by atoms with van der Waals surface area (Å²) in [6.07, 6.45) is 7.27. The molecule has 2 aliphatic rings. The number of aromatic amines is 1. The van der Waals surface area contributed by atoms with E-state index < -0.39 is 17.5 Å². The first-order chi connectivity index (χ1) is 18.8. The third-order valence-electron chi connectivity index (χ3n) is 6.88. The highest BCUT2D eigenvalue weighted by molar-refractivity contribution is 6.31. The van der Waals surface area contributed by atoms with E-state index in [2.05, 4.69) is 35.8 Å². The molecule has 0 aliphatic carbocycles. The molecule has 2 atom stereocenters. The Morgan fingerprint density at radius 2 is 2.03 bits per heavy atom. The van der Waals surface area contributed by atoms with E-state index in [1.165, 1.54) is 48.5 Å². The highest BCUT2D eigenvalue weighted by Gasteiger charge is 2.42. The van der Waals surface area contributed by atoms with Gasteiger partial charge in [0.05, 0.1) is 28.6 Å². The predicted molar refractivity (Wildman–Crippen MR) is 135 cm³/mol. The van der Waals surface area contributed by atoms with Gasteiger partial charge in [0.25, 0.3) is 0 Å². The van der Waals surface area contributed by atoms with Gasteiger partial charge in [-0.2, -0.15) is 4.68 Å². The van der Waals surface area contributed by atoms with Gasteiger partial charge in [-0.25, -0.2) is 18.7 Å². The van der Waals surface area contributed by atoms with Crippen molar-refractivity contribution in [1.29, 1.82) is 0 Å². The van der Waals surface area contributed by atoms with Crippen LogP contribution in [0.3, 0.4) is 0 Å². The molecule has 2 N–H and O–H groups in total. The minimum Gasteiger partial charge on any atom is -0.340 e. The van der Waals surface area contributed by atoms with Gasteiger partial charge in [0.15, 0.2) is 17.5 Å². The van der Waals surface area contributed by atoms with Gasteiger partial charge in [-0.3, -0.25) is 9.59 Å². The van der Waals surface area contributed by atoms with Crippen molar-refractivity contribution >= 4 is 34.8 Å². The molecule has 3 aromatic heterocycles. The monoisotopic (exact) mass is 551 g/mol. The van der Waals surface area contributed by atoms with Gasteiger partial charge in [0.1, 0.15) is 12.2 Å². The van der Waals surface area contributed by atoms with Crippen LogP contribution in [-0.4, -0.2) is 57.9 Å². The van der Waals surface area contributed by atoms with E-state index >= 15 is 4.39 Å². The van der Waals surface area contributed by atoms with Crippen molar-refractivity contribution < 1.29 is 18.4 Å². The second-order valence-electron chi connectivity index (χ2n) is 9.26. The molecule has 1 saturated heterocycles. The smallest absolute Gasteiger partial charge is 0.247 e. The number of fused-ring (bicyclic) bond motifs is 1. The zero-order valence-electron chi connectivity index (χ0n) is 20.4. The Morgan fingerprint density at radius 1 is 1.18 bits per heavy atom. The molecule has 2 amide bonds. The van der Waals surface area contributed by atoms with Crippen molar-refractivity contribution in [1.82, 2.24) is 40.1 Å². The molecule has 0 bridgehead atoms.